The normalized spacial score (nSPS) is 11.1. The molecular weight excluding hydrogens is 256 g/mol. The summed E-state index contributed by atoms with van der Waals surface area (Å²) in [4.78, 5) is 13.0. The number of fused-ring (bicyclic) bond motifs is 1. The summed E-state index contributed by atoms with van der Waals surface area (Å²) in [6, 6.07) is 2.05. The second kappa shape index (κ2) is 5.06. The van der Waals surface area contributed by atoms with Crippen LogP contribution in [0.2, 0.25) is 5.15 Å². The Kier molecular flexibility index (Phi) is 3.69. The highest BCUT2D eigenvalue weighted by Crippen LogP contribution is 2.24. The van der Waals surface area contributed by atoms with Crippen molar-refractivity contribution in [2.24, 2.45) is 0 Å². The average Bonchev–Trinajstić information content (AvgIpc) is 2.27. The van der Waals surface area contributed by atoms with E-state index in [0.29, 0.717) is 11.0 Å². The zero-order valence-corrected chi connectivity index (χ0v) is 11.4. The number of hydrogen-bond acceptors (Lipinski definition) is 5. The van der Waals surface area contributed by atoms with Gasteiger partial charge in [0.25, 0.3) is 0 Å². The summed E-state index contributed by atoms with van der Waals surface area (Å²) in [5.74, 6) is 0.709. The predicted octanol–water partition coefficient (Wildman–Crippen LogP) is 3.22. The maximum atomic E-state index is 5.97. The van der Waals surface area contributed by atoms with E-state index in [1.165, 1.54) is 11.8 Å². The van der Waals surface area contributed by atoms with Gasteiger partial charge in [-0.05, 0) is 26.2 Å². The third kappa shape index (κ3) is 2.79. The Morgan fingerprint density at radius 2 is 2.12 bits per heavy atom. The maximum absolute atomic E-state index is 5.97. The Hall–Kier alpha value is -1.07. The lowest BCUT2D eigenvalue weighted by Gasteiger charge is -2.11. The number of anilines is 1. The lowest BCUT2D eigenvalue weighted by atomic mass is 10.3. The van der Waals surface area contributed by atoms with Crippen molar-refractivity contribution in [2.45, 2.75) is 25.0 Å². The molecule has 0 fully saturated rings. The van der Waals surface area contributed by atoms with E-state index >= 15 is 0 Å². The molecule has 6 heteroatoms. The third-order valence-corrected chi connectivity index (χ3v) is 2.88. The molecule has 2 heterocycles. The number of halogens is 1. The van der Waals surface area contributed by atoms with E-state index in [-0.39, 0.29) is 6.04 Å². The van der Waals surface area contributed by atoms with E-state index in [9.17, 15) is 0 Å². The number of nitrogens with zero attached hydrogens (tertiary/aromatic N) is 3. The number of rotatable bonds is 3. The molecule has 0 aliphatic rings. The molecule has 0 saturated heterocycles. The van der Waals surface area contributed by atoms with Crippen LogP contribution in [0.15, 0.2) is 17.4 Å². The Morgan fingerprint density at radius 3 is 2.76 bits per heavy atom. The molecule has 90 valence electrons. The van der Waals surface area contributed by atoms with Crippen LogP contribution in [0.3, 0.4) is 0 Å². The maximum Gasteiger partial charge on any atom is 0.187 e. The first-order valence-corrected chi connectivity index (χ1v) is 6.84. The van der Waals surface area contributed by atoms with Crippen molar-refractivity contribution in [1.29, 1.82) is 0 Å². The standard InChI is InChI=1S/C11H13ClN4S/c1-6(2)14-10-9-7(4-8(12)15-10)5-13-11(16-9)17-3/h4-6H,1-3H3,(H,14,15). The largest absolute Gasteiger partial charge is 0.366 e. The van der Waals surface area contributed by atoms with E-state index in [1.807, 2.05) is 20.1 Å². The first-order chi connectivity index (χ1) is 8.10. The molecule has 17 heavy (non-hydrogen) atoms. The van der Waals surface area contributed by atoms with Crippen LogP contribution in [0.5, 0.6) is 0 Å². The van der Waals surface area contributed by atoms with Gasteiger partial charge in [0.05, 0.1) is 0 Å². The average molecular weight is 269 g/mol. The van der Waals surface area contributed by atoms with Crippen molar-refractivity contribution in [3.63, 3.8) is 0 Å². The Balaban J connectivity index is 2.61. The number of nitrogens with one attached hydrogen (secondary N) is 1. The summed E-state index contributed by atoms with van der Waals surface area (Å²) in [5.41, 5.74) is 0.808. The molecule has 2 aromatic heterocycles. The molecule has 0 bridgehead atoms. The highest BCUT2D eigenvalue weighted by molar-refractivity contribution is 7.98. The Bertz CT molecular complexity index is 544. The van der Waals surface area contributed by atoms with Crippen molar-refractivity contribution in [3.05, 3.63) is 17.4 Å². The van der Waals surface area contributed by atoms with Gasteiger partial charge in [0, 0.05) is 17.6 Å². The lowest BCUT2D eigenvalue weighted by Crippen LogP contribution is -2.12. The minimum Gasteiger partial charge on any atom is -0.366 e. The number of aromatic nitrogens is 3. The topological polar surface area (TPSA) is 50.7 Å². The highest BCUT2D eigenvalue weighted by Gasteiger charge is 2.09. The minimum absolute atomic E-state index is 0.275. The second-order valence-electron chi connectivity index (χ2n) is 3.89. The zero-order valence-electron chi connectivity index (χ0n) is 9.86. The van der Waals surface area contributed by atoms with Gasteiger partial charge in [-0.15, -0.1) is 0 Å². The molecule has 0 radical (unpaired) electrons. The number of hydrogen-bond donors (Lipinski definition) is 1. The summed E-state index contributed by atoms with van der Waals surface area (Å²) in [6.07, 6.45) is 3.72. The van der Waals surface area contributed by atoms with Crippen LogP contribution in [0.4, 0.5) is 5.82 Å². The SMILES string of the molecule is CSc1ncc2cc(Cl)nc(NC(C)C)c2n1. The first-order valence-electron chi connectivity index (χ1n) is 5.24. The van der Waals surface area contributed by atoms with Crippen LogP contribution < -0.4 is 5.32 Å². The van der Waals surface area contributed by atoms with Gasteiger partial charge in [-0.2, -0.15) is 0 Å². The molecule has 0 spiro atoms. The summed E-state index contributed by atoms with van der Waals surface area (Å²) < 4.78 is 0. The van der Waals surface area contributed by atoms with Gasteiger partial charge >= 0.3 is 0 Å². The van der Waals surface area contributed by atoms with Crippen LogP contribution in [0.25, 0.3) is 10.9 Å². The van der Waals surface area contributed by atoms with Gasteiger partial charge < -0.3 is 5.32 Å². The van der Waals surface area contributed by atoms with Gasteiger partial charge in [-0.1, -0.05) is 23.4 Å². The molecule has 2 rings (SSSR count). The van der Waals surface area contributed by atoms with E-state index in [0.717, 1.165) is 16.1 Å². The molecule has 0 aromatic carbocycles. The molecule has 0 unspecified atom stereocenters. The molecule has 0 atom stereocenters. The van der Waals surface area contributed by atoms with Crippen LogP contribution >= 0.6 is 23.4 Å². The second-order valence-corrected chi connectivity index (χ2v) is 5.05. The van der Waals surface area contributed by atoms with E-state index in [2.05, 4.69) is 20.3 Å². The third-order valence-electron chi connectivity index (χ3n) is 2.12. The quantitative estimate of drug-likeness (QED) is 0.526. The van der Waals surface area contributed by atoms with Crippen molar-refractivity contribution in [3.8, 4) is 0 Å². The Morgan fingerprint density at radius 1 is 1.35 bits per heavy atom. The van der Waals surface area contributed by atoms with E-state index < -0.39 is 0 Å². The summed E-state index contributed by atoms with van der Waals surface area (Å²) in [7, 11) is 0. The van der Waals surface area contributed by atoms with Crippen LogP contribution in [0.1, 0.15) is 13.8 Å². The summed E-state index contributed by atoms with van der Waals surface area (Å²) in [6.45, 7) is 4.09. The molecule has 0 saturated carbocycles. The van der Waals surface area contributed by atoms with Crippen LogP contribution in [0, 0.1) is 0 Å². The molecule has 0 aliphatic heterocycles. The highest BCUT2D eigenvalue weighted by atomic mass is 35.5. The Labute approximate surface area is 109 Å². The summed E-state index contributed by atoms with van der Waals surface area (Å²) >= 11 is 7.47. The van der Waals surface area contributed by atoms with Gasteiger partial charge in [0.2, 0.25) is 0 Å². The monoisotopic (exact) mass is 268 g/mol. The molecule has 1 N–H and O–H groups in total. The van der Waals surface area contributed by atoms with Gasteiger partial charge in [-0.3, -0.25) is 0 Å². The van der Waals surface area contributed by atoms with Crippen molar-refractivity contribution in [2.75, 3.05) is 11.6 Å². The van der Waals surface area contributed by atoms with Crippen LogP contribution in [-0.2, 0) is 0 Å². The fraction of sp³-hybridized carbons (Fsp3) is 0.364. The van der Waals surface area contributed by atoms with Crippen molar-refractivity contribution >= 4 is 40.1 Å². The predicted molar refractivity (Wildman–Crippen MR) is 72.9 cm³/mol. The molecular formula is C11H13ClN4S. The molecule has 2 aromatic rings. The zero-order chi connectivity index (χ0) is 12.4. The summed E-state index contributed by atoms with van der Waals surface area (Å²) in [5, 5.41) is 5.31. The van der Waals surface area contributed by atoms with Gasteiger partial charge in [0.15, 0.2) is 11.0 Å². The number of pyridine rings is 1. The lowest BCUT2D eigenvalue weighted by molar-refractivity contribution is 0.888. The number of thioether (sulfide) groups is 1. The molecule has 0 amide bonds. The molecule has 4 nitrogen and oxygen atoms in total. The first kappa shape index (κ1) is 12.4. The van der Waals surface area contributed by atoms with Gasteiger partial charge in [-0.25, -0.2) is 15.0 Å². The van der Waals surface area contributed by atoms with Gasteiger partial charge in [0.1, 0.15) is 10.7 Å². The van der Waals surface area contributed by atoms with E-state index in [1.54, 1.807) is 12.3 Å². The smallest absolute Gasteiger partial charge is 0.187 e. The van der Waals surface area contributed by atoms with Crippen LogP contribution in [-0.4, -0.2) is 27.2 Å². The van der Waals surface area contributed by atoms with E-state index in [4.69, 9.17) is 11.6 Å². The fourth-order valence-electron chi connectivity index (χ4n) is 1.46. The van der Waals surface area contributed by atoms with Crippen molar-refractivity contribution in [1.82, 2.24) is 15.0 Å². The molecule has 0 aliphatic carbocycles. The van der Waals surface area contributed by atoms with Crippen molar-refractivity contribution < 1.29 is 0 Å². The fourth-order valence-corrected chi connectivity index (χ4v) is 2.01. The minimum atomic E-state index is 0.275.